The van der Waals surface area contributed by atoms with Gasteiger partial charge in [0.25, 0.3) is 0 Å². The summed E-state index contributed by atoms with van der Waals surface area (Å²) in [6.45, 7) is 4.24. The number of hydrogen-bond donors (Lipinski definition) is 0. The van der Waals surface area contributed by atoms with Crippen LogP contribution >= 0.6 is 0 Å². The van der Waals surface area contributed by atoms with E-state index in [1.807, 2.05) is 32.0 Å². The fourth-order valence-electron chi connectivity index (χ4n) is 2.09. The average Bonchev–Trinajstić information content (AvgIpc) is 3.03. The fourth-order valence-corrected chi connectivity index (χ4v) is 2.09. The first-order valence-corrected chi connectivity index (χ1v) is 5.96. The first-order valence-electron chi connectivity index (χ1n) is 5.96. The van der Waals surface area contributed by atoms with E-state index in [9.17, 15) is 0 Å². The quantitative estimate of drug-likeness (QED) is 0.821. The van der Waals surface area contributed by atoms with Crippen LogP contribution in [0.25, 0.3) is 5.69 Å². The van der Waals surface area contributed by atoms with Crippen LogP contribution in [0, 0.1) is 11.3 Å². The van der Waals surface area contributed by atoms with Crippen LogP contribution in [0.4, 0.5) is 0 Å². The molecule has 1 aliphatic rings. The zero-order chi connectivity index (χ0) is 13.4. The summed E-state index contributed by atoms with van der Waals surface area (Å²) in [5.74, 6) is 1.55. The second-order valence-corrected chi connectivity index (χ2v) is 4.54. The van der Waals surface area contributed by atoms with Gasteiger partial charge in [-0.25, -0.2) is 4.68 Å². The topological polar surface area (TPSA) is 73.0 Å². The highest BCUT2D eigenvalue weighted by Crippen LogP contribution is 2.34. The average molecular weight is 256 g/mol. The van der Waals surface area contributed by atoms with E-state index in [4.69, 9.17) is 14.7 Å². The number of hydrogen-bond acceptors (Lipinski definition) is 5. The predicted molar refractivity (Wildman–Crippen MR) is 66.3 cm³/mol. The van der Waals surface area contributed by atoms with Crippen molar-refractivity contribution in [1.82, 2.24) is 15.0 Å². The Kier molecular flexibility index (Phi) is 2.60. The first kappa shape index (κ1) is 11.5. The Labute approximate surface area is 110 Å². The number of fused-ring (bicyclic) bond motifs is 1. The maximum atomic E-state index is 9.07. The predicted octanol–water partition coefficient (Wildman–Crippen LogP) is 1.99. The van der Waals surface area contributed by atoms with Gasteiger partial charge in [0.1, 0.15) is 6.07 Å². The van der Waals surface area contributed by atoms with Crippen molar-refractivity contribution >= 4 is 0 Å². The molecular weight excluding hydrogens is 244 g/mol. The van der Waals surface area contributed by atoms with Gasteiger partial charge < -0.3 is 9.47 Å². The highest BCUT2D eigenvalue weighted by atomic mass is 16.7. The van der Waals surface area contributed by atoms with E-state index in [0.717, 1.165) is 17.1 Å². The molecule has 6 nitrogen and oxygen atoms in total. The number of rotatable bonds is 2. The largest absolute Gasteiger partial charge is 0.454 e. The second-order valence-electron chi connectivity index (χ2n) is 4.54. The number of ether oxygens (including phenoxy) is 2. The fraction of sp³-hybridized carbons (Fsp3) is 0.308. The van der Waals surface area contributed by atoms with Crippen LogP contribution in [0.1, 0.15) is 31.2 Å². The summed E-state index contributed by atoms with van der Waals surface area (Å²) in [5.41, 5.74) is 1.95. The van der Waals surface area contributed by atoms with Gasteiger partial charge in [0.05, 0.1) is 11.4 Å². The van der Waals surface area contributed by atoms with Gasteiger partial charge in [0, 0.05) is 6.07 Å². The molecule has 0 fully saturated rings. The van der Waals surface area contributed by atoms with E-state index in [-0.39, 0.29) is 12.7 Å². The highest BCUT2D eigenvalue weighted by molar-refractivity contribution is 5.50. The lowest BCUT2D eigenvalue weighted by Gasteiger charge is -2.09. The van der Waals surface area contributed by atoms with E-state index in [2.05, 4.69) is 16.4 Å². The third-order valence-corrected chi connectivity index (χ3v) is 2.96. The molecule has 6 heteroatoms. The Morgan fingerprint density at radius 3 is 2.84 bits per heavy atom. The zero-order valence-corrected chi connectivity index (χ0v) is 10.6. The maximum absolute atomic E-state index is 9.07. The molecule has 1 aromatic carbocycles. The summed E-state index contributed by atoms with van der Waals surface area (Å²) < 4.78 is 12.3. The normalized spacial score (nSPS) is 12.7. The number of nitriles is 1. The van der Waals surface area contributed by atoms with Gasteiger partial charge >= 0.3 is 0 Å². The van der Waals surface area contributed by atoms with Gasteiger partial charge in [-0.1, -0.05) is 19.1 Å². The zero-order valence-electron chi connectivity index (χ0n) is 10.6. The molecule has 0 unspecified atom stereocenters. The molecule has 1 aromatic heterocycles. The van der Waals surface area contributed by atoms with Gasteiger partial charge in [-0.2, -0.15) is 5.26 Å². The SMILES string of the molecule is CC(C)c1c(C#N)nnn1-c1ccc2c(c1)OCO2. The van der Waals surface area contributed by atoms with Crippen molar-refractivity contribution in [1.29, 1.82) is 5.26 Å². The van der Waals surface area contributed by atoms with Gasteiger partial charge in [-0.3, -0.25) is 0 Å². The summed E-state index contributed by atoms with van der Waals surface area (Å²) in [7, 11) is 0. The molecule has 0 saturated carbocycles. The standard InChI is InChI=1S/C13H12N4O2/c1-8(2)13-10(6-14)15-16-17(13)9-3-4-11-12(5-9)19-7-18-11/h3-5,8H,7H2,1-2H3. The highest BCUT2D eigenvalue weighted by Gasteiger charge is 2.19. The van der Waals surface area contributed by atoms with Crippen molar-refractivity contribution in [3.05, 3.63) is 29.6 Å². The van der Waals surface area contributed by atoms with Crippen LogP contribution < -0.4 is 9.47 Å². The van der Waals surface area contributed by atoms with Crippen molar-refractivity contribution in [2.45, 2.75) is 19.8 Å². The van der Waals surface area contributed by atoms with Crippen LogP contribution in [0.15, 0.2) is 18.2 Å². The molecule has 0 radical (unpaired) electrons. The van der Waals surface area contributed by atoms with Crippen molar-refractivity contribution in [2.24, 2.45) is 0 Å². The molecule has 0 spiro atoms. The third-order valence-electron chi connectivity index (χ3n) is 2.96. The van der Waals surface area contributed by atoms with Gasteiger partial charge in [-0.05, 0) is 18.1 Å². The van der Waals surface area contributed by atoms with E-state index >= 15 is 0 Å². The number of benzene rings is 1. The summed E-state index contributed by atoms with van der Waals surface area (Å²) >= 11 is 0. The molecule has 2 heterocycles. The first-order chi connectivity index (χ1) is 9.20. The smallest absolute Gasteiger partial charge is 0.231 e. The monoisotopic (exact) mass is 256 g/mol. The minimum atomic E-state index is 0.148. The van der Waals surface area contributed by atoms with Crippen LogP contribution in [0.3, 0.4) is 0 Å². The summed E-state index contributed by atoms with van der Waals surface area (Å²) in [4.78, 5) is 0. The summed E-state index contributed by atoms with van der Waals surface area (Å²) in [6.07, 6.45) is 0. The molecule has 0 amide bonds. The number of nitrogens with zero attached hydrogens (tertiary/aromatic N) is 4. The van der Waals surface area contributed by atoms with Crippen molar-refractivity contribution in [3.8, 4) is 23.3 Å². The number of aromatic nitrogens is 3. The molecule has 0 bridgehead atoms. The van der Waals surface area contributed by atoms with Crippen molar-refractivity contribution < 1.29 is 9.47 Å². The lowest BCUT2D eigenvalue weighted by Crippen LogP contribution is -2.04. The Morgan fingerprint density at radius 2 is 2.11 bits per heavy atom. The van der Waals surface area contributed by atoms with Crippen molar-refractivity contribution in [3.63, 3.8) is 0 Å². The second kappa shape index (κ2) is 4.28. The minimum absolute atomic E-state index is 0.148. The molecule has 0 N–H and O–H groups in total. The Hall–Kier alpha value is -2.55. The summed E-state index contributed by atoms with van der Waals surface area (Å²) in [6, 6.07) is 7.61. The van der Waals surface area contributed by atoms with Gasteiger partial charge in [0.2, 0.25) is 6.79 Å². The molecule has 0 atom stereocenters. The van der Waals surface area contributed by atoms with Crippen LogP contribution in [0.5, 0.6) is 11.5 Å². The Morgan fingerprint density at radius 1 is 1.32 bits per heavy atom. The third kappa shape index (κ3) is 1.80. The molecular formula is C13H12N4O2. The molecule has 2 aromatic rings. The minimum Gasteiger partial charge on any atom is -0.454 e. The Bertz CT molecular complexity index is 670. The van der Waals surface area contributed by atoms with Gasteiger partial charge in [0.15, 0.2) is 17.2 Å². The Balaban J connectivity index is 2.12. The lowest BCUT2D eigenvalue weighted by atomic mass is 10.1. The summed E-state index contributed by atoms with van der Waals surface area (Å²) in [5, 5.41) is 17.0. The van der Waals surface area contributed by atoms with E-state index in [1.165, 1.54) is 0 Å². The molecule has 96 valence electrons. The van der Waals surface area contributed by atoms with Gasteiger partial charge in [-0.15, -0.1) is 5.10 Å². The molecule has 19 heavy (non-hydrogen) atoms. The molecule has 1 aliphatic heterocycles. The molecule has 3 rings (SSSR count). The van der Waals surface area contributed by atoms with Crippen LogP contribution in [0.2, 0.25) is 0 Å². The van der Waals surface area contributed by atoms with Crippen LogP contribution in [-0.4, -0.2) is 21.8 Å². The lowest BCUT2D eigenvalue weighted by molar-refractivity contribution is 0.174. The van der Waals surface area contributed by atoms with E-state index < -0.39 is 0 Å². The molecule has 0 aliphatic carbocycles. The van der Waals surface area contributed by atoms with E-state index in [1.54, 1.807) is 4.68 Å². The molecule has 0 saturated heterocycles. The van der Waals surface area contributed by atoms with E-state index in [0.29, 0.717) is 11.4 Å². The maximum Gasteiger partial charge on any atom is 0.231 e. The van der Waals surface area contributed by atoms with Crippen LogP contribution in [-0.2, 0) is 0 Å². The van der Waals surface area contributed by atoms with Crippen molar-refractivity contribution in [2.75, 3.05) is 6.79 Å².